The quantitative estimate of drug-likeness (QED) is 0.746. The van der Waals surface area contributed by atoms with Crippen LogP contribution >= 0.6 is 22.9 Å². The molecule has 5 nitrogen and oxygen atoms in total. The smallest absolute Gasteiger partial charge is 0.275 e. The highest BCUT2D eigenvalue weighted by atomic mass is 32.1. The number of hydrogen-bond acceptors (Lipinski definition) is 6. The van der Waals surface area contributed by atoms with Gasteiger partial charge in [-0.3, -0.25) is 4.79 Å². The van der Waals surface area contributed by atoms with Crippen LogP contribution in [0.15, 0.2) is 53.2 Å². The van der Waals surface area contributed by atoms with Gasteiger partial charge in [0.05, 0.1) is 6.54 Å². The van der Waals surface area contributed by atoms with Crippen LogP contribution in [0.5, 0.6) is 0 Å². The highest BCUT2D eigenvalue weighted by molar-refractivity contribution is 7.10. The Hall–Kier alpha value is -2.09. The molecule has 0 saturated heterocycles. The second-order valence-corrected chi connectivity index (χ2v) is 6.58. The largest absolute Gasteiger partial charge is 0.386 e. The van der Waals surface area contributed by atoms with Crippen molar-refractivity contribution in [2.24, 2.45) is 0 Å². The monoisotopic (exact) mass is 345 g/mol. The van der Waals surface area contributed by atoms with Crippen LogP contribution in [0.25, 0.3) is 0 Å². The van der Waals surface area contributed by atoms with E-state index in [2.05, 4.69) is 9.59 Å². The number of aromatic nitrogens is 2. The van der Waals surface area contributed by atoms with Crippen molar-refractivity contribution in [1.82, 2.24) is 14.5 Å². The summed E-state index contributed by atoms with van der Waals surface area (Å²) in [5.74, 6) is -0.224. The maximum atomic E-state index is 12.6. The van der Waals surface area contributed by atoms with Gasteiger partial charge in [-0.1, -0.05) is 40.9 Å². The van der Waals surface area contributed by atoms with Crippen LogP contribution in [0.2, 0.25) is 0 Å². The van der Waals surface area contributed by atoms with E-state index in [1.807, 2.05) is 47.8 Å². The van der Waals surface area contributed by atoms with E-state index >= 15 is 0 Å². The molecule has 1 atom stereocenters. The maximum Gasteiger partial charge on any atom is 0.275 e. The first-order valence-electron chi connectivity index (χ1n) is 7.06. The van der Waals surface area contributed by atoms with Crippen LogP contribution in [0.3, 0.4) is 0 Å². The molecule has 3 rings (SSSR count). The number of carbonyl (C=O) groups is 1. The van der Waals surface area contributed by atoms with Gasteiger partial charge in [-0.25, -0.2) is 0 Å². The molecule has 1 N–H and O–H groups in total. The summed E-state index contributed by atoms with van der Waals surface area (Å²) in [7, 11) is 0. The van der Waals surface area contributed by atoms with Crippen molar-refractivity contribution in [2.45, 2.75) is 12.6 Å². The molecule has 0 radical (unpaired) electrons. The lowest BCUT2D eigenvalue weighted by Crippen LogP contribution is -2.34. The van der Waals surface area contributed by atoms with Crippen molar-refractivity contribution in [3.05, 3.63) is 69.4 Å². The maximum absolute atomic E-state index is 12.6. The molecule has 0 aliphatic carbocycles. The second kappa shape index (κ2) is 7.45. The van der Waals surface area contributed by atoms with E-state index in [0.717, 1.165) is 22.0 Å². The Kier molecular flexibility index (Phi) is 5.12. The molecule has 0 saturated carbocycles. The third kappa shape index (κ3) is 4.01. The Balaban J connectivity index is 1.79. The van der Waals surface area contributed by atoms with E-state index in [1.165, 1.54) is 11.3 Å². The van der Waals surface area contributed by atoms with Crippen LogP contribution in [0.1, 0.15) is 27.0 Å². The molecule has 3 aromatic rings. The van der Waals surface area contributed by atoms with Crippen molar-refractivity contribution in [2.75, 3.05) is 6.54 Å². The Labute approximate surface area is 142 Å². The molecular weight excluding hydrogens is 330 g/mol. The number of carbonyl (C=O) groups excluding carboxylic acids is 1. The zero-order valence-electron chi connectivity index (χ0n) is 12.2. The topological polar surface area (TPSA) is 66.3 Å². The molecule has 0 aliphatic rings. The SMILES string of the molecule is O=C(c1csnn1)N(Cc1ccccc1)CC(O)c1cccs1. The minimum absolute atomic E-state index is 0.214. The molecule has 1 unspecified atom stereocenters. The van der Waals surface area contributed by atoms with Gasteiger partial charge in [0.2, 0.25) is 0 Å². The highest BCUT2D eigenvalue weighted by Crippen LogP contribution is 2.21. The Morgan fingerprint density at radius 2 is 2.04 bits per heavy atom. The van der Waals surface area contributed by atoms with Gasteiger partial charge in [0.15, 0.2) is 5.69 Å². The van der Waals surface area contributed by atoms with E-state index in [1.54, 1.807) is 10.3 Å². The summed E-state index contributed by atoms with van der Waals surface area (Å²) in [4.78, 5) is 15.1. The third-order valence-electron chi connectivity index (χ3n) is 3.35. The first-order valence-corrected chi connectivity index (χ1v) is 8.77. The average Bonchev–Trinajstić information content (AvgIpc) is 3.27. The number of rotatable bonds is 6. The number of amides is 1. The third-order valence-corrected chi connectivity index (χ3v) is 4.83. The van der Waals surface area contributed by atoms with Gasteiger partial charge in [0, 0.05) is 16.8 Å². The molecule has 7 heteroatoms. The van der Waals surface area contributed by atoms with E-state index in [9.17, 15) is 9.90 Å². The highest BCUT2D eigenvalue weighted by Gasteiger charge is 2.22. The molecule has 0 spiro atoms. The van der Waals surface area contributed by atoms with Gasteiger partial charge in [0.1, 0.15) is 6.10 Å². The lowest BCUT2D eigenvalue weighted by atomic mass is 10.2. The Morgan fingerprint density at radius 3 is 2.70 bits per heavy atom. The number of nitrogens with zero attached hydrogens (tertiary/aromatic N) is 3. The van der Waals surface area contributed by atoms with Gasteiger partial charge in [-0.05, 0) is 28.5 Å². The summed E-state index contributed by atoms with van der Waals surface area (Å²) in [6.45, 7) is 0.630. The lowest BCUT2D eigenvalue weighted by Gasteiger charge is -2.24. The van der Waals surface area contributed by atoms with E-state index in [-0.39, 0.29) is 12.5 Å². The van der Waals surface area contributed by atoms with Crippen molar-refractivity contribution < 1.29 is 9.90 Å². The predicted molar refractivity (Wildman–Crippen MR) is 90.4 cm³/mol. The molecule has 1 amide bonds. The molecule has 2 aromatic heterocycles. The fourth-order valence-corrected chi connectivity index (χ4v) is 3.36. The van der Waals surface area contributed by atoms with Crippen molar-refractivity contribution in [3.8, 4) is 0 Å². The number of aliphatic hydroxyl groups is 1. The molecule has 1 aromatic carbocycles. The minimum Gasteiger partial charge on any atom is -0.386 e. The minimum atomic E-state index is -0.714. The van der Waals surface area contributed by atoms with E-state index in [4.69, 9.17) is 0 Å². The summed E-state index contributed by atoms with van der Waals surface area (Å²) in [5, 5.41) is 17.8. The van der Waals surface area contributed by atoms with Gasteiger partial charge >= 0.3 is 0 Å². The molecule has 2 heterocycles. The van der Waals surface area contributed by atoms with Crippen LogP contribution in [0, 0.1) is 0 Å². The fraction of sp³-hybridized carbons (Fsp3) is 0.188. The van der Waals surface area contributed by atoms with Gasteiger partial charge in [-0.2, -0.15) is 0 Å². The number of hydrogen-bond donors (Lipinski definition) is 1. The Bertz CT molecular complexity index is 730. The molecular formula is C16H15N3O2S2. The lowest BCUT2D eigenvalue weighted by molar-refractivity contribution is 0.0603. The summed E-state index contributed by atoms with van der Waals surface area (Å²) in [5.41, 5.74) is 1.31. The summed E-state index contributed by atoms with van der Waals surface area (Å²) < 4.78 is 3.75. The molecule has 23 heavy (non-hydrogen) atoms. The first kappa shape index (κ1) is 15.8. The van der Waals surface area contributed by atoms with Crippen LogP contribution in [-0.2, 0) is 6.54 Å². The van der Waals surface area contributed by atoms with E-state index in [0.29, 0.717) is 12.2 Å². The molecule has 0 aliphatic heterocycles. The van der Waals surface area contributed by atoms with Gasteiger partial charge in [0.25, 0.3) is 5.91 Å². The summed E-state index contributed by atoms with van der Waals surface area (Å²) in [6, 6.07) is 13.5. The summed E-state index contributed by atoms with van der Waals surface area (Å²) in [6.07, 6.45) is -0.714. The predicted octanol–water partition coefficient (Wildman–Crippen LogP) is 2.98. The van der Waals surface area contributed by atoms with Crippen molar-refractivity contribution in [3.63, 3.8) is 0 Å². The average molecular weight is 345 g/mol. The second-order valence-electron chi connectivity index (χ2n) is 4.99. The van der Waals surface area contributed by atoms with Crippen LogP contribution in [0.4, 0.5) is 0 Å². The fourth-order valence-electron chi connectivity index (χ4n) is 2.22. The van der Waals surface area contributed by atoms with Crippen molar-refractivity contribution in [1.29, 1.82) is 0 Å². The molecule has 0 bridgehead atoms. The van der Waals surface area contributed by atoms with E-state index < -0.39 is 6.10 Å². The number of aliphatic hydroxyl groups excluding tert-OH is 1. The first-order chi connectivity index (χ1) is 11.2. The molecule has 118 valence electrons. The zero-order valence-corrected chi connectivity index (χ0v) is 13.8. The molecule has 0 fully saturated rings. The van der Waals surface area contributed by atoms with Gasteiger partial charge in [-0.15, -0.1) is 16.4 Å². The van der Waals surface area contributed by atoms with Crippen LogP contribution in [-0.4, -0.2) is 32.0 Å². The van der Waals surface area contributed by atoms with Crippen molar-refractivity contribution >= 4 is 28.8 Å². The number of benzene rings is 1. The van der Waals surface area contributed by atoms with Gasteiger partial charge < -0.3 is 10.0 Å². The standard InChI is InChI=1S/C16H15N3O2S2/c20-14(15-7-4-8-22-15)10-19(9-12-5-2-1-3-6-12)16(21)13-11-23-18-17-13/h1-8,11,14,20H,9-10H2. The normalized spacial score (nSPS) is 12.0. The zero-order chi connectivity index (χ0) is 16.1. The Morgan fingerprint density at radius 1 is 1.22 bits per heavy atom. The summed E-state index contributed by atoms with van der Waals surface area (Å²) >= 11 is 2.61. The number of thiophene rings is 1. The van der Waals surface area contributed by atoms with Crippen LogP contribution < -0.4 is 0 Å².